The van der Waals surface area contributed by atoms with Gasteiger partial charge >= 0.3 is 0 Å². The Morgan fingerprint density at radius 3 is 2.63 bits per heavy atom. The maximum absolute atomic E-state index is 3.81. The van der Waals surface area contributed by atoms with Crippen LogP contribution in [-0.2, 0) is 0 Å². The topological polar surface area (TPSA) is 15.3 Å². The molecule has 1 fully saturated rings. The van der Waals surface area contributed by atoms with Gasteiger partial charge in [0.1, 0.15) is 0 Å². The SMILES string of the molecule is CCCCCCCC(NCCC)C1CSCCN1C. The van der Waals surface area contributed by atoms with Crippen LogP contribution in [0.25, 0.3) is 0 Å². The fourth-order valence-electron chi connectivity index (χ4n) is 2.86. The van der Waals surface area contributed by atoms with Crippen molar-refractivity contribution in [2.24, 2.45) is 0 Å². The highest BCUT2D eigenvalue weighted by molar-refractivity contribution is 7.99. The molecule has 0 aromatic carbocycles. The van der Waals surface area contributed by atoms with Crippen LogP contribution in [0.5, 0.6) is 0 Å². The lowest BCUT2D eigenvalue weighted by Crippen LogP contribution is -2.52. The van der Waals surface area contributed by atoms with Crippen molar-refractivity contribution in [2.75, 3.05) is 31.6 Å². The Labute approximate surface area is 125 Å². The first-order valence-electron chi connectivity index (χ1n) is 8.31. The molecule has 2 unspecified atom stereocenters. The van der Waals surface area contributed by atoms with Gasteiger partial charge in [0.25, 0.3) is 0 Å². The van der Waals surface area contributed by atoms with Crippen molar-refractivity contribution in [3.63, 3.8) is 0 Å². The highest BCUT2D eigenvalue weighted by atomic mass is 32.2. The zero-order valence-electron chi connectivity index (χ0n) is 13.3. The van der Waals surface area contributed by atoms with E-state index in [4.69, 9.17) is 0 Å². The van der Waals surface area contributed by atoms with Gasteiger partial charge in [0.05, 0.1) is 0 Å². The van der Waals surface area contributed by atoms with Crippen molar-refractivity contribution < 1.29 is 0 Å². The number of nitrogens with zero attached hydrogens (tertiary/aromatic N) is 1. The van der Waals surface area contributed by atoms with Crippen LogP contribution < -0.4 is 5.32 Å². The molecule has 2 nitrogen and oxygen atoms in total. The Morgan fingerprint density at radius 1 is 1.16 bits per heavy atom. The Balaban J connectivity index is 2.32. The summed E-state index contributed by atoms with van der Waals surface area (Å²) in [4.78, 5) is 2.58. The van der Waals surface area contributed by atoms with Gasteiger partial charge in [0, 0.05) is 30.1 Å². The van der Waals surface area contributed by atoms with E-state index >= 15 is 0 Å². The molecule has 0 bridgehead atoms. The Hall–Kier alpha value is 0.270. The van der Waals surface area contributed by atoms with Crippen molar-refractivity contribution in [3.8, 4) is 0 Å². The van der Waals surface area contributed by atoms with E-state index in [9.17, 15) is 0 Å². The molecule has 0 radical (unpaired) electrons. The second kappa shape index (κ2) is 11.0. The van der Waals surface area contributed by atoms with Crippen LogP contribution in [0.1, 0.15) is 58.8 Å². The van der Waals surface area contributed by atoms with Gasteiger partial charge in [0.15, 0.2) is 0 Å². The molecule has 1 saturated heterocycles. The minimum absolute atomic E-state index is 0.708. The van der Waals surface area contributed by atoms with E-state index in [1.54, 1.807) is 0 Å². The third kappa shape index (κ3) is 7.01. The molecule has 3 heteroatoms. The van der Waals surface area contributed by atoms with E-state index in [2.05, 4.69) is 42.9 Å². The molecule has 0 aliphatic carbocycles. The maximum atomic E-state index is 3.81. The van der Waals surface area contributed by atoms with Crippen LogP contribution in [-0.4, -0.2) is 48.6 Å². The summed E-state index contributed by atoms with van der Waals surface area (Å²) in [6.07, 6.45) is 9.60. The summed E-state index contributed by atoms with van der Waals surface area (Å²) in [5.41, 5.74) is 0. The monoisotopic (exact) mass is 286 g/mol. The summed E-state index contributed by atoms with van der Waals surface area (Å²) in [7, 11) is 2.31. The average molecular weight is 287 g/mol. The summed E-state index contributed by atoms with van der Waals surface area (Å²) in [5, 5.41) is 3.81. The van der Waals surface area contributed by atoms with E-state index in [1.807, 2.05) is 0 Å². The molecule has 1 aliphatic rings. The first-order chi connectivity index (χ1) is 9.29. The van der Waals surface area contributed by atoms with E-state index in [0.717, 1.165) is 6.04 Å². The number of nitrogens with one attached hydrogen (secondary N) is 1. The third-order valence-electron chi connectivity index (χ3n) is 4.18. The molecule has 0 aromatic heterocycles. The minimum Gasteiger partial charge on any atom is -0.312 e. The van der Waals surface area contributed by atoms with Crippen LogP contribution >= 0.6 is 11.8 Å². The van der Waals surface area contributed by atoms with Crippen molar-refractivity contribution in [3.05, 3.63) is 0 Å². The first kappa shape index (κ1) is 17.3. The quantitative estimate of drug-likeness (QED) is 0.616. The maximum Gasteiger partial charge on any atom is 0.0337 e. The lowest BCUT2D eigenvalue weighted by atomic mass is 10.00. The van der Waals surface area contributed by atoms with Crippen LogP contribution in [0.4, 0.5) is 0 Å². The van der Waals surface area contributed by atoms with Crippen molar-refractivity contribution >= 4 is 11.8 Å². The molecule has 1 N–H and O–H groups in total. The van der Waals surface area contributed by atoms with Gasteiger partial charge in [-0.15, -0.1) is 0 Å². The fraction of sp³-hybridized carbons (Fsp3) is 1.00. The van der Waals surface area contributed by atoms with E-state index in [1.165, 1.54) is 69.5 Å². The molecule has 0 amide bonds. The van der Waals surface area contributed by atoms with Crippen molar-refractivity contribution in [1.29, 1.82) is 0 Å². The summed E-state index contributed by atoms with van der Waals surface area (Å²) >= 11 is 2.13. The lowest BCUT2D eigenvalue weighted by Gasteiger charge is -2.38. The van der Waals surface area contributed by atoms with Crippen molar-refractivity contribution in [1.82, 2.24) is 10.2 Å². The molecule has 1 aliphatic heterocycles. The second-order valence-electron chi connectivity index (χ2n) is 5.89. The molecular weight excluding hydrogens is 252 g/mol. The number of likely N-dealkylation sites (N-methyl/N-ethyl adjacent to an activating group) is 1. The van der Waals surface area contributed by atoms with Gasteiger partial charge in [-0.05, 0) is 26.4 Å². The molecular formula is C16H34N2S. The highest BCUT2D eigenvalue weighted by Gasteiger charge is 2.26. The van der Waals surface area contributed by atoms with Crippen molar-refractivity contribution in [2.45, 2.75) is 70.9 Å². The van der Waals surface area contributed by atoms with Gasteiger partial charge in [-0.25, -0.2) is 0 Å². The molecule has 0 saturated carbocycles. The van der Waals surface area contributed by atoms with Gasteiger partial charge in [0.2, 0.25) is 0 Å². The fourth-order valence-corrected chi connectivity index (χ4v) is 4.17. The highest BCUT2D eigenvalue weighted by Crippen LogP contribution is 2.20. The summed E-state index contributed by atoms with van der Waals surface area (Å²) in [5.74, 6) is 2.62. The van der Waals surface area contributed by atoms with Crippen LogP contribution in [0.3, 0.4) is 0 Å². The largest absolute Gasteiger partial charge is 0.312 e. The lowest BCUT2D eigenvalue weighted by molar-refractivity contribution is 0.205. The van der Waals surface area contributed by atoms with Crippen LogP contribution in [0.2, 0.25) is 0 Å². The zero-order chi connectivity index (χ0) is 13.9. The first-order valence-corrected chi connectivity index (χ1v) is 9.46. The average Bonchev–Trinajstić information content (AvgIpc) is 2.43. The molecule has 0 aromatic rings. The van der Waals surface area contributed by atoms with Gasteiger partial charge < -0.3 is 10.2 Å². The Morgan fingerprint density at radius 2 is 1.95 bits per heavy atom. The number of hydrogen-bond donors (Lipinski definition) is 1. The number of rotatable bonds is 10. The molecule has 1 rings (SSSR count). The number of hydrogen-bond acceptors (Lipinski definition) is 3. The summed E-state index contributed by atoms with van der Waals surface area (Å²) in [6, 6.07) is 1.45. The predicted molar refractivity (Wildman–Crippen MR) is 89.2 cm³/mol. The smallest absolute Gasteiger partial charge is 0.0337 e. The standard InChI is InChI=1S/C16H34N2S/c1-4-6-7-8-9-10-15(17-11-5-2)16-14-19-13-12-18(16)3/h15-17H,4-14H2,1-3H3. The minimum atomic E-state index is 0.708. The Kier molecular flexibility index (Phi) is 10.0. The van der Waals surface area contributed by atoms with Gasteiger partial charge in [-0.2, -0.15) is 11.8 Å². The molecule has 1 heterocycles. The molecule has 114 valence electrons. The Bertz CT molecular complexity index is 211. The van der Waals surface area contributed by atoms with E-state index < -0.39 is 0 Å². The predicted octanol–water partition coefficient (Wildman–Crippen LogP) is 3.76. The van der Waals surface area contributed by atoms with Gasteiger partial charge in [-0.1, -0.05) is 46.0 Å². The third-order valence-corrected chi connectivity index (χ3v) is 5.23. The van der Waals surface area contributed by atoms with Gasteiger partial charge in [-0.3, -0.25) is 0 Å². The summed E-state index contributed by atoms with van der Waals surface area (Å²) < 4.78 is 0. The summed E-state index contributed by atoms with van der Waals surface area (Å²) in [6.45, 7) is 6.99. The van der Waals surface area contributed by atoms with Crippen LogP contribution in [0, 0.1) is 0 Å². The second-order valence-corrected chi connectivity index (χ2v) is 7.04. The number of thioether (sulfide) groups is 1. The molecule has 19 heavy (non-hydrogen) atoms. The zero-order valence-corrected chi connectivity index (χ0v) is 14.1. The molecule has 0 spiro atoms. The normalized spacial score (nSPS) is 22.6. The number of unbranched alkanes of at least 4 members (excludes halogenated alkanes) is 4. The van der Waals surface area contributed by atoms with E-state index in [-0.39, 0.29) is 0 Å². The molecule has 2 atom stereocenters. The van der Waals surface area contributed by atoms with Crippen LogP contribution in [0.15, 0.2) is 0 Å². The van der Waals surface area contributed by atoms with E-state index in [0.29, 0.717) is 6.04 Å².